The van der Waals surface area contributed by atoms with Gasteiger partial charge in [0.2, 0.25) is 0 Å². The Hall–Kier alpha value is -2.49. The van der Waals surface area contributed by atoms with Crippen molar-refractivity contribution >= 4 is 5.91 Å². The van der Waals surface area contributed by atoms with Gasteiger partial charge in [-0.3, -0.25) is 4.79 Å². The Labute approximate surface area is 137 Å². The first kappa shape index (κ1) is 16.9. The Morgan fingerprint density at radius 1 is 1.09 bits per heavy atom. The maximum Gasteiger partial charge on any atom is 0.261 e. The van der Waals surface area contributed by atoms with Crippen molar-refractivity contribution in [2.75, 3.05) is 7.11 Å². The minimum atomic E-state index is -0.509. The van der Waals surface area contributed by atoms with Gasteiger partial charge in [-0.05, 0) is 31.0 Å². The van der Waals surface area contributed by atoms with Crippen LogP contribution in [0.2, 0.25) is 0 Å². The summed E-state index contributed by atoms with van der Waals surface area (Å²) in [7, 11) is 1.62. The van der Waals surface area contributed by atoms with Gasteiger partial charge in [-0.1, -0.05) is 43.3 Å². The van der Waals surface area contributed by atoms with Gasteiger partial charge in [0.25, 0.3) is 5.91 Å². The van der Waals surface area contributed by atoms with Crippen molar-refractivity contribution in [3.8, 4) is 11.5 Å². The van der Waals surface area contributed by atoms with Crippen LogP contribution in [-0.2, 0) is 11.3 Å². The molecular formula is C19H23NO3. The molecule has 0 radical (unpaired) electrons. The van der Waals surface area contributed by atoms with Crippen molar-refractivity contribution in [2.45, 2.75) is 32.9 Å². The Morgan fingerprint density at radius 3 is 2.39 bits per heavy atom. The molecule has 0 saturated heterocycles. The zero-order chi connectivity index (χ0) is 16.7. The van der Waals surface area contributed by atoms with Gasteiger partial charge in [-0.2, -0.15) is 0 Å². The number of carbonyl (C=O) groups is 1. The number of carbonyl (C=O) groups excluding carboxylic acids is 1. The lowest BCUT2D eigenvalue weighted by Gasteiger charge is -2.19. The number of rotatable bonds is 7. The van der Waals surface area contributed by atoms with E-state index in [0.29, 0.717) is 13.0 Å². The molecule has 0 aliphatic heterocycles. The summed E-state index contributed by atoms with van der Waals surface area (Å²) in [5.41, 5.74) is 1.96. The van der Waals surface area contributed by atoms with Crippen molar-refractivity contribution in [2.24, 2.45) is 0 Å². The largest absolute Gasteiger partial charge is 0.496 e. The molecule has 0 fully saturated rings. The number of amides is 1. The van der Waals surface area contributed by atoms with Gasteiger partial charge in [-0.25, -0.2) is 0 Å². The number of ether oxygens (including phenoxy) is 2. The van der Waals surface area contributed by atoms with Crippen LogP contribution < -0.4 is 14.8 Å². The van der Waals surface area contributed by atoms with Crippen LogP contribution >= 0.6 is 0 Å². The molecule has 1 atom stereocenters. The lowest BCUT2D eigenvalue weighted by Crippen LogP contribution is -2.37. The Kier molecular flexibility index (Phi) is 6.03. The average molecular weight is 313 g/mol. The van der Waals surface area contributed by atoms with E-state index in [0.717, 1.165) is 22.6 Å². The highest BCUT2D eigenvalue weighted by Crippen LogP contribution is 2.20. The van der Waals surface area contributed by atoms with Gasteiger partial charge in [0, 0.05) is 12.1 Å². The molecule has 2 rings (SSSR count). The highest BCUT2D eigenvalue weighted by Gasteiger charge is 2.19. The molecule has 1 amide bonds. The number of hydrogen-bond acceptors (Lipinski definition) is 3. The topological polar surface area (TPSA) is 47.6 Å². The van der Waals surface area contributed by atoms with Gasteiger partial charge >= 0.3 is 0 Å². The fourth-order valence-electron chi connectivity index (χ4n) is 2.31. The summed E-state index contributed by atoms with van der Waals surface area (Å²) in [5, 5.41) is 2.92. The number of aryl methyl sites for hydroxylation is 1. The number of nitrogens with one attached hydrogen (secondary N) is 1. The number of hydrogen-bond donors (Lipinski definition) is 1. The van der Waals surface area contributed by atoms with E-state index in [-0.39, 0.29) is 5.91 Å². The quantitative estimate of drug-likeness (QED) is 0.851. The molecule has 0 aromatic heterocycles. The second kappa shape index (κ2) is 8.22. The van der Waals surface area contributed by atoms with Crippen LogP contribution in [-0.4, -0.2) is 19.1 Å². The molecule has 0 aliphatic carbocycles. The molecule has 4 heteroatoms. The van der Waals surface area contributed by atoms with E-state index in [9.17, 15) is 4.79 Å². The minimum absolute atomic E-state index is 0.123. The molecule has 0 heterocycles. The van der Waals surface area contributed by atoms with Gasteiger partial charge in [0.1, 0.15) is 11.5 Å². The molecule has 122 valence electrons. The molecule has 0 spiro atoms. The predicted octanol–water partition coefficient (Wildman–Crippen LogP) is 3.48. The Bertz CT molecular complexity index is 655. The molecule has 0 bridgehead atoms. The summed E-state index contributed by atoms with van der Waals surface area (Å²) in [6.07, 6.45) is 0.0948. The van der Waals surface area contributed by atoms with E-state index in [1.807, 2.05) is 62.4 Å². The predicted molar refractivity (Wildman–Crippen MR) is 90.7 cm³/mol. The van der Waals surface area contributed by atoms with Crippen molar-refractivity contribution in [3.63, 3.8) is 0 Å². The molecule has 0 saturated carbocycles. The van der Waals surface area contributed by atoms with E-state index < -0.39 is 6.10 Å². The average Bonchev–Trinajstić information content (AvgIpc) is 2.59. The monoisotopic (exact) mass is 313 g/mol. The first-order valence-electron chi connectivity index (χ1n) is 7.77. The lowest BCUT2D eigenvalue weighted by atomic mass is 10.2. The first-order chi connectivity index (χ1) is 11.2. The maximum absolute atomic E-state index is 12.4. The smallest absolute Gasteiger partial charge is 0.261 e. The van der Waals surface area contributed by atoms with E-state index in [2.05, 4.69) is 5.32 Å². The van der Waals surface area contributed by atoms with Crippen molar-refractivity contribution in [3.05, 3.63) is 59.7 Å². The Morgan fingerprint density at radius 2 is 1.74 bits per heavy atom. The second-order valence-corrected chi connectivity index (χ2v) is 5.31. The molecule has 2 aromatic rings. The summed E-state index contributed by atoms with van der Waals surface area (Å²) in [5.74, 6) is 1.38. The van der Waals surface area contributed by atoms with E-state index >= 15 is 0 Å². The zero-order valence-electron chi connectivity index (χ0n) is 13.8. The summed E-state index contributed by atoms with van der Waals surface area (Å²) >= 11 is 0. The molecule has 1 unspecified atom stereocenters. The van der Waals surface area contributed by atoms with Gasteiger partial charge in [0.05, 0.1) is 7.11 Å². The maximum atomic E-state index is 12.4. The number of para-hydroxylation sites is 2. The molecule has 23 heavy (non-hydrogen) atoms. The summed E-state index contributed by atoms with van der Waals surface area (Å²) in [6.45, 7) is 4.32. The zero-order valence-corrected chi connectivity index (χ0v) is 13.8. The lowest BCUT2D eigenvalue weighted by molar-refractivity contribution is -0.128. The molecule has 4 nitrogen and oxygen atoms in total. The number of benzene rings is 2. The van der Waals surface area contributed by atoms with Gasteiger partial charge < -0.3 is 14.8 Å². The summed E-state index contributed by atoms with van der Waals surface area (Å²) < 4.78 is 11.2. The van der Waals surface area contributed by atoms with Crippen LogP contribution in [0.1, 0.15) is 24.5 Å². The van der Waals surface area contributed by atoms with Crippen LogP contribution in [0.15, 0.2) is 48.5 Å². The first-order valence-corrected chi connectivity index (χ1v) is 7.77. The molecule has 2 aromatic carbocycles. The summed E-state index contributed by atoms with van der Waals surface area (Å²) in [6, 6.07) is 15.3. The van der Waals surface area contributed by atoms with Crippen LogP contribution in [0.5, 0.6) is 11.5 Å². The second-order valence-electron chi connectivity index (χ2n) is 5.31. The third-order valence-electron chi connectivity index (χ3n) is 3.67. The van der Waals surface area contributed by atoms with Gasteiger partial charge in [-0.15, -0.1) is 0 Å². The molecule has 0 aliphatic rings. The fourth-order valence-corrected chi connectivity index (χ4v) is 2.31. The Balaban J connectivity index is 1.99. The minimum Gasteiger partial charge on any atom is -0.496 e. The van der Waals surface area contributed by atoms with Crippen molar-refractivity contribution < 1.29 is 14.3 Å². The van der Waals surface area contributed by atoms with Crippen LogP contribution in [0, 0.1) is 6.92 Å². The standard InChI is InChI=1S/C19H23NO3/c1-4-16(23-17-11-7-5-9-14(17)2)19(21)20-13-15-10-6-8-12-18(15)22-3/h5-12,16H,4,13H2,1-3H3,(H,20,21). The van der Waals surface area contributed by atoms with Crippen molar-refractivity contribution in [1.29, 1.82) is 0 Å². The summed E-state index contributed by atoms with van der Waals surface area (Å²) in [4.78, 5) is 12.4. The third-order valence-corrected chi connectivity index (χ3v) is 3.67. The van der Waals surface area contributed by atoms with Crippen LogP contribution in [0.25, 0.3) is 0 Å². The van der Waals surface area contributed by atoms with Gasteiger partial charge in [0.15, 0.2) is 6.10 Å². The van der Waals surface area contributed by atoms with Crippen LogP contribution in [0.4, 0.5) is 0 Å². The highest BCUT2D eigenvalue weighted by atomic mass is 16.5. The third kappa shape index (κ3) is 4.49. The fraction of sp³-hybridized carbons (Fsp3) is 0.316. The van der Waals surface area contributed by atoms with E-state index in [1.54, 1.807) is 7.11 Å². The number of methoxy groups -OCH3 is 1. The van der Waals surface area contributed by atoms with Crippen molar-refractivity contribution in [1.82, 2.24) is 5.32 Å². The van der Waals surface area contributed by atoms with Crippen LogP contribution in [0.3, 0.4) is 0 Å². The SMILES string of the molecule is CCC(Oc1ccccc1C)C(=O)NCc1ccccc1OC. The normalized spacial score (nSPS) is 11.6. The van der Waals surface area contributed by atoms with E-state index in [1.165, 1.54) is 0 Å². The van der Waals surface area contributed by atoms with E-state index in [4.69, 9.17) is 9.47 Å². The molecular weight excluding hydrogens is 290 g/mol. The molecule has 1 N–H and O–H groups in total. The highest BCUT2D eigenvalue weighted by molar-refractivity contribution is 5.81.